The van der Waals surface area contributed by atoms with Crippen LogP contribution in [0.5, 0.6) is 0 Å². The highest BCUT2D eigenvalue weighted by Crippen LogP contribution is 2.18. The number of hydrogen-bond donors (Lipinski definition) is 3. The molecule has 0 aliphatic rings. The lowest BCUT2D eigenvalue weighted by molar-refractivity contribution is 0.350. The van der Waals surface area contributed by atoms with Crippen LogP contribution in [-0.2, 0) is 10.0 Å². The van der Waals surface area contributed by atoms with Crippen molar-refractivity contribution >= 4 is 15.7 Å². The lowest BCUT2D eigenvalue weighted by Crippen LogP contribution is -2.12. The van der Waals surface area contributed by atoms with Crippen LogP contribution in [0, 0.1) is 18.8 Å². The van der Waals surface area contributed by atoms with Crippen molar-refractivity contribution in [2.75, 3.05) is 11.3 Å². The Morgan fingerprint density at radius 3 is 2.90 bits per heavy atom. The molecule has 3 N–H and O–H groups in total. The largest absolute Gasteiger partial charge is 0.384 e. The number of hydrogen-bond acceptors (Lipinski definition) is 4. The molecule has 2 rings (SSSR count). The topological polar surface area (TPSA) is 95.1 Å². The summed E-state index contributed by atoms with van der Waals surface area (Å²) in [6, 6.07) is 5.03. The molecule has 1 heterocycles. The first-order chi connectivity index (χ1) is 9.53. The molecule has 0 amide bonds. The maximum absolute atomic E-state index is 12.0. The maximum atomic E-state index is 12.0. The third-order valence-corrected chi connectivity index (χ3v) is 3.92. The molecule has 0 unspecified atom stereocenters. The van der Waals surface area contributed by atoms with Crippen LogP contribution in [-0.4, -0.2) is 30.3 Å². The zero-order chi connectivity index (χ0) is 14.6. The van der Waals surface area contributed by atoms with Gasteiger partial charge in [0.2, 0.25) is 0 Å². The molecule has 1 aromatic carbocycles. The van der Waals surface area contributed by atoms with Crippen LogP contribution in [0.25, 0.3) is 0 Å². The van der Waals surface area contributed by atoms with E-state index in [9.17, 15) is 8.42 Å². The average Bonchev–Trinajstić information content (AvgIpc) is 2.94. The van der Waals surface area contributed by atoms with Crippen molar-refractivity contribution in [2.24, 2.45) is 0 Å². The molecule has 0 radical (unpaired) electrons. The van der Waals surface area contributed by atoms with E-state index in [1.54, 1.807) is 18.2 Å². The molecule has 0 aliphatic carbocycles. The second-order valence-electron chi connectivity index (χ2n) is 4.03. The summed E-state index contributed by atoms with van der Waals surface area (Å²) in [5, 5.41) is 14.8. The summed E-state index contributed by atoms with van der Waals surface area (Å²) in [6.45, 7) is 1.61. The number of aliphatic hydroxyl groups is 1. The molecule has 0 saturated carbocycles. The van der Waals surface area contributed by atoms with E-state index in [0.717, 1.165) is 5.56 Å². The van der Waals surface area contributed by atoms with Gasteiger partial charge in [-0.15, -0.1) is 0 Å². The summed E-state index contributed by atoms with van der Waals surface area (Å²) in [5.41, 5.74) is 1.96. The molecule has 7 heteroatoms. The summed E-state index contributed by atoms with van der Waals surface area (Å²) in [7, 11) is -3.66. The number of rotatable bonds is 3. The van der Waals surface area contributed by atoms with Gasteiger partial charge in [0.25, 0.3) is 10.0 Å². The number of nitrogens with zero attached hydrogens (tertiary/aromatic N) is 1. The van der Waals surface area contributed by atoms with Crippen LogP contribution in [0.2, 0.25) is 0 Å². The van der Waals surface area contributed by atoms with Gasteiger partial charge in [-0.3, -0.25) is 9.82 Å². The third-order valence-electron chi connectivity index (χ3n) is 2.58. The Balaban J connectivity index is 2.31. The second kappa shape index (κ2) is 5.77. The minimum absolute atomic E-state index is 0.0565. The molecule has 6 nitrogen and oxygen atoms in total. The third kappa shape index (κ3) is 3.17. The molecule has 0 aliphatic heterocycles. The predicted octanol–water partition coefficient (Wildman–Crippen LogP) is 0.863. The number of benzene rings is 1. The van der Waals surface area contributed by atoms with Gasteiger partial charge in [0.15, 0.2) is 0 Å². The highest BCUT2D eigenvalue weighted by Gasteiger charge is 2.15. The number of aryl methyl sites for hydroxylation is 1. The van der Waals surface area contributed by atoms with Crippen molar-refractivity contribution in [3.63, 3.8) is 0 Å². The van der Waals surface area contributed by atoms with Crippen molar-refractivity contribution < 1.29 is 13.5 Å². The Bertz CT molecular complexity index is 756. The second-order valence-corrected chi connectivity index (χ2v) is 5.71. The van der Waals surface area contributed by atoms with Crippen molar-refractivity contribution in [3.05, 3.63) is 41.7 Å². The van der Waals surface area contributed by atoms with Gasteiger partial charge in [0.1, 0.15) is 11.5 Å². The van der Waals surface area contributed by atoms with E-state index in [1.165, 1.54) is 12.4 Å². The number of sulfonamides is 1. The van der Waals surface area contributed by atoms with Crippen LogP contribution >= 0.6 is 0 Å². The van der Waals surface area contributed by atoms with Gasteiger partial charge in [-0.05, 0) is 24.6 Å². The molecule has 0 spiro atoms. The number of aromatic amines is 1. The average molecular weight is 291 g/mol. The first kappa shape index (κ1) is 14.1. The van der Waals surface area contributed by atoms with Crippen molar-refractivity contribution in [1.82, 2.24) is 10.2 Å². The lowest BCUT2D eigenvalue weighted by atomic mass is 10.1. The molecular formula is C13H13N3O3S. The van der Waals surface area contributed by atoms with E-state index in [0.29, 0.717) is 11.3 Å². The summed E-state index contributed by atoms with van der Waals surface area (Å²) in [6.07, 6.45) is 2.52. The fourth-order valence-electron chi connectivity index (χ4n) is 1.55. The number of H-pyrrole nitrogens is 1. The number of nitrogens with one attached hydrogen (secondary N) is 2. The number of aromatic nitrogens is 2. The molecule has 2 aromatic rings. The van der Waals surface area contributed by atoms with E-state index in [2.05, 4.69) is 26.8 Å². The molecular weight excluding hydrogens is 278 g/mol. The van der Waals surface area contributed by atoms with E-state index in [4.69, 9.17) is 5.11 Å². The van der Waals surface area contributed by atoms with Crippen LogP contribution in [0.15, 0.2) is 35.5 Å². The summed E-state index contributed by atoms with van der Waals surface area (Å²) in [4.78, 5) is 0.0565. The normalized spacial score (nSPS) is 10.7. The van der Waals surface area contributed by atoms with Crippen molar-refractivity contribution in [1.29, 1.82) is 0 Å². The highest BCUT2D eigenvalue weighted by molar-refractivity contribution is 7.92. The molecule has 0 saturated heterocycles. The molecule has 0 fully saturated rings. The fraction of sp³-hybridized carbons (Fsp3) is 0.154. The van der Waals surface area contributed by atoms with Crippen LogP contribution in [0.1, 0.15) is 11.1 Å². The van der Waals surface area contributed by atoms with Gasteiger partial charge in [0, 0.05) is 11.8 Å². The van der Waals surface area contributed by atoms with Crippen molar-refractivity contribution in [2.45, 2.75) is 11.8 Å². The zero-order valence-electron chi connectivity index (χ0n) is 10.7. The Morgan fingerprint density at radius 1 is 1.45 bits per heavy atom. The molecule has 0 bridgehead atoms. The van der Waals surface area contributed by atoms with E-state index >= 15 is 0 Å². The Kier molecular flexibility index (Phi) is 4.08. The minimum atomic E-state index is -3.66. The summed E-state index contributed by atoms with van der Waals surface area (Å²) >= 11 is 0. The monoisotopic (exact) mass is 291 g/mol. The highest BCUT2D eigenvalue weighted by atomic mass is 32.2. The standard InChI is InChI=1S/C13H13N3O3S/c1-10-4-5-12(7-11(10)3-2-6-17)16-20(18,19)13-8-14-15-9-13/h4-5,7-9,16-17H,6H2,1H3,(H,14,15). The Labute approximate surface area is 116 Å². The minimum Gasteiger partial charge on any atom is -0.384 e. The van der Waals surface area contributed by atoms with Crippen LogP contribution in [0.3, 0.4) is 0 Å². The molecule has 104 valence electrons. The van der Waals surface area contributed by atoms with Crippen LogP contribution < -0.4 is 4.72 Å². The smallest absolute Gasteiger partial charge is 0.265 e. The Morgan fingerprint density at radius 2 is 2.25 bits per heavy atom. The summed E-state index contributed by atoms with van der Waals surface area (Å²) < 4.78 is 26.5. The first-order valence-electron chi connectivity index (χ1n) is 5.75. The quantitative estimate of drug-likeness (QED) is 0.731. The van der Waals surface area contributed by atoms with E-state index in [-0.39, 0.29) is 11.5 Å². The number of aliphatic hydroxyl groups excluding tert-OH is 1. The van der Waals surface area contributed by atoms with E-state index < -0.39 is 10.0 Å². The zero-order valence-corrected chi connectivity index (χ0v) is 11.5. The van der Waals surface area contributed by atoms with Gasteiger partial charge >= 0.3 is 0 Å². The molecule has 1 aromatic heterocycles. The Hall–Kier alpha value is -2.30. The lowest BCUT2D eigenvalue weighted by Gasteiger charge is -2.07. The fourth-order valence-corrected chi connectivity index (χ4v) is 2.51. The van der Waals surface area contributed by atoms with Crippen LogP contribution in [0.4, 0.5) is 5.69 Å². The predicted molar refractivity (Wildman–Crippen MR) is 74.5 cm³/mol. The van der Waals surface area contributed by atoms with Gasteiger partial charge < -0.3 is 5.11 Å². The van der Waals surface area contributed by atoms with E-state index in [1.807, 2.05) is 6.92 Å². The molecule has 0 atom stereocenters. The van der Waals surface area contributed by atoms with Gasteiger partial charge in [-0.1, -0.05) is 17.9 Å². The molecule has 20 heavy (non-hydrogen) atoms. The van der Waals surface area contributed by atoms with Gasteiger partial charge in [-0.2, -0.15) is 5.10 Å². The SMILES string of the molecule is Cc1ccc(NS(=O)(=O)c2cn[nH]c2)cc1C#CCO. The van der Waals surface area contributed by atoms with Gasteiger partial charge in [-0.25, -0.2) is 8.42 Å². The maximum Gasteiger partial charge on any atom is 0.265 e. The van der Waals surface area contributed by atoms with Gasteiger partial charge in [0.05, 0.1) is 11.9 Å². The first-order valence-corrected chi connectivity index (χ1v) is 7.23. The van der Waals surface area contributed by atoms with Crippen molar-refractivity contribution in [3.8, 4) is 11.8 Å². The number of anilines is 1. The summed E-state index contributed by atoms with van der Waals surface area (Å²) in [5.74, 6) is 5.31.